The Kier molecular flexibility index (Phi) is 6.38. The van der Waals surface area contributed by atoms with E-state index in [1.54, 1.807) is 25.1 Å². The highest BCUT2D eigenvalue weighted by atomic mass is 19.4. The molecule has 0 aliphatic heterocycles. The first-order valence-corrected chi connectivity index (χ1v) is 7.87. The molecule has 9 heteroatoms. The number of ether oxygens (including phenoxy) is 3. The van der Waals surface area contributed by atoms with Crippen molar-refractivity contribution in [2.24, 2.45) is 0 Å². The maximum Gasteiger partial charge on any atom is 0.573 e. The van der Waals surface area contributed by atoms with Gasteiger partial charge in [0.05, 0.1) is 14.2 Å². The first kappa shape index (κ1) is 20.2. The average molecular weight is 384 g/mol. The molecule has 1 amide bonds. The molecule has 0 spiro atoms. The van der Waals surface area contributed by atoms with Gasteiger partial charge in [0.2, 0.25) is 5.91 Å². The molecule has 6 nitrogen and oxygen atoms in total. The van der Waals surface area contributed by atoms with Gasteiger partial charge in [0.15, 0.2) is 11.5 Å². The van der Waals surface area contributed by atoms with Gasteiger partial charge in [0, 0.05) is 17.4 Å². The minimum Gasteiger partial charge on any atom is -0.493 e. The Morgan fingerprint density at radius 1 is 0.963 bits per heavy atom. The molecular weight excluding hydrogens is 365 g/mol. The van der Waals surface area contributed by atoms with Crippen molar-refractivity contribution in [3.05, 3.63) is 42.5 Å². The fourth-order valence-electron chi connectivity index (χ4n) is 2.23. The third-order valence-corrected chi connectivity index (χ3v) is 3.52. The summed E-state index contributed by atoms with van der Waals surface area (Å²) >= 11 is 0. The predicted octanol–water partition coefficient (Wildman–Crippen LogP) is 4.04. The summed E-state index contributed by atoms with van der Waals surface area (Å²) in [5, 5.41) is 5.62. The van der Waals surface area contributed by atoms with E-state index >= 15 is 0 Å². The summed E-state index contributed by atoms with van der Waals surface area (Å²) in [7, 11) is 2.99. The molecule has 0 aromatic heterocycles. The monoisotopic (exact) mass is 384 g/mol. The average Bonchev–Trinajstić information content (AvgIpc) is 2.61. The van der Waals surface area contributed by atoms with Gasteiger partial charge < -0.3 is 24.8 Å². The fraction of sp³-hybridized carbons (Fsp3) is 0.278. The molecular formula is C18H19F3N2O4. The van der Waals surface area contributed by atoms with Crippen molar-refractivity contribution >= 4 is 17.3 Å². The molecule has 0 saturated heterocycles. The summed E-state index contributed by atoms with van der Waals surface area (Å²) in [5.41, 5.74) is 0.986. The topological polar surface area (TPSA) is 68.8 Å². The number of anilines is 2. The number of rotatable bonds is 7. The highest BCUT2D eigenvalue weighted by Crippen LogP contribution is 2.30. The van der Waals surface area contributed by atoms with Crippen molar-refractivity contribution in [2.75, 3.05) is 24.9 Å². The predicted molar refractivity (Wildman–Crippen MR) is 94.4 cm³/mol. The van der Waals surface area contributed by atoms with Gasteiger partial charge in [0.25, 0.3) is 0 Å². The second-order valence-electron chi connectivity index (χ2n) is 5.50. The minimum absolute atomic E-state index is 0.335. The normalized spacial score (nSPS) is 12.1. The zero-order valence-electron chi connectivity index (χ0n) is 14.9. The largest absolute Gasteiger partial charge is 0.573 e. The van der Waals surface area contributed by atoms with Crippen LogP contribution in [0.25, 0.3) is 0 Å². The number of nitrogens with one attached hydrogen (secondary N) is 2. The van der Waals surface area contributed by atoms with Crippen LogP contribution in [-0.2, 0) is 4.79 Å². The number of benzene rings is 2. The number of halogens is 3. The number of hydrogen-bond donors (Lipinski definition) is 2. The quantitative estimate of drug-likeness (QED) is 0.754. The number of amides is 1. The lowest BCUT2D eigenvalue weighted by molar-refractivity contribution is -0.274. The highest BCUT2D eigenvalue weighted by molar-refractivity contribution is 5.96. The molecule has 2 N–H and O–H groups in total. The van der Waals surface area contributed by atoms with Gasteiger partial charge in [-0.1, -0.05) is 0 Å². The third-order valence-electron chi connectivity index (χ3n) is 3.52. The van der Waals surface area contributed by atoms with Crippen LogP contribution in [0.1, 0.15) is 6.92 Å². The fourth-order valence-corrected chi connectivity index (χ4v) is 2.23. The molecule has 146 valence electrons. The van der Waals surface area contributed by atoms with Gasteiger partial charge in [-0.2, -0.15) is 0 Å². The van der Waals surface area contributed by atoms with Crippen molar-refractivity contribution in [1.29, 1.82) is 0 Å². The molecule has 0 radical (unpaired) electrons. The smallest absolute Gasteiger partial charge is 0.493 e. The van der Waals surface area contributed by atoms with Gasteiger partial charge in [-0.05, 0) is 43.3 Å². The Balaban J connectivity index is 1.97. The Morgan fingerprint density at radius 3 is 2.11 bits per heavy atom. The van der Waals surface area contributed by atoms with Crippen LogP contribution < -0.4 is 24.8 Å². The van der Waals surface area contributed by atoms with Crippen LogP contribution in [0.2, 0.25) is 0 Å². The maximum absolute atomic E-state index is 12.3. The van der Waals surface area contributed by atoms with E-state index in [2.05, 4.69) is 15.4 Å². The van der Waals surface area contributed by atoms with Crippen molar-refractivity contribution in [3.8, 4) is 17.2 Å². The maximum atomic E-state index is 12.3. The summed E-state index contributed by atoms with van der Waals surface area (Å²) in [5.74, 6) is 0.326. The molecule has 0 aliphatic carbocycles. The number of methoxy groups -OCH3 is 2. The summed E-state index contributed by atoms with van der Waals surface area (Å²) in [6, 6.07) is 9.40. The molecule has 2 aromatic carbocycles. The molecule has 27 heavy (non-hydrogen) atoms. The Bertz CT molecular complexity index is 779. The number of carbonyl (C=O) groups is 1. The van der Waals surface area contributed by atoms with Crippen molar-refractivity contribution in [1.82, 2.24) is 0 Å². The van der Waals surface area contributed by atoms with Crippen LogP contribution in [0.15, 0.2) is 42.5 Å². The van der Waals surface area contributed by atoms with Crippen molar-refractivity contribution in [2.45, 2.75) is 19.3 Å². The van der Waals surface area contributed by atoms with Crippen LogP contribution in [-0.4, -0.2) is 32.5 Å². The molecule has 0 saturated carbocycles. The van der Waals surface area contributed by atoms with E-state index in [0.29, 0.717) is 22.9 Å². The minimum atomic E-state index is -4.75. The van der Waals surface area contributed by atoms with Gasteiger partial charge in [-0.15, -0.1) is 13.2 Å². The zero-order chi connectivity index (χ0) is 20.0. The van der Waals surface area contributed by atoms with E-state index in [-0.39, 0.29) is 11.7 Å². The molecule has 0 heterocycles. The molecule has 0 bridgehead atoms. The number of alkyl halides is 3. The molecule has 0 aliphatic rings. The standard InChI is InChI=1S/C18H19F3N2O4/c1-11(22-12-4-7-14(8-5-12)27-18(19,20)21)17(24)23-13-6-9-15(25-2)16(10-13)26-3/h4-11,22H,1-3H3,(H,23,24)/t11-/m1/s1. The van der Waals surface area contributed by atoms with Gasteiger partial charge in [0.1, 0.15) is 11.8 Å². The van der Waals surface area contributed by atoms with Gasteiger partial charge in [-0.25, -0.2) is 0 Å². The first-order valence-electron chi connectivity index (χ1n) is 7.87. The molecule has 0 fully saturated rings. The summed E-state index contributed by atoms with van der Waals surface area (Å²) in [6.07, 6.45) is -4.75. The molecule has 0 unspecified atom stereocenters. The van der Waals surface area contributed by atoms with E-state index in [1.807, 2.05) is 0 Å². The van der Waals surface area contributed by atoms with E-state index in [9.17, 15) is 18.0 Å². The van der Waals surface area contributed by atoms with Gasteiger partial charge in [-0.3, -0.25) is 4.79 Å². The second kappa shape index (κ2) is 8.52. The van der Waals surface area contributed by atoms with Crippen molar-refractivity contribution < 1.29 is 32.2 Å². The first-order chi connectivity index (χ1) is 12.7. The second-order valence-corrected chi connectivity index (χ2v) is 5.50. The van der Waals surface area contributed by atoms with Crippen LogP contribution in [0.4, 0.5) is 24.5 Å². The Labute approximate surface area is 154 Å². The van der Waals surface area contributed by atoms with Crippen LogP contribution in [0.3, 0.4) is 0 Å². The van der Waals surface area contributed by atoms with Crippen LogP contribution in [0, 0.1) is 0 Å². The molecule has 2 rings (SSSR count). The lowest BCUT2D eigenvalue weighted by Gasteiger charge is -2.17. The van der Waals surface area contributed by atoms with Crippen LogP contribution in [0.5, 0.6) is 17.2 Å². The van der Waals surface area contributed by atoms with Crippen LogP contribution >= 0.6 is 0 Å². The van der Waals surface area contributed by atoms with E-state index in [1.165, 1.54) is 26.4 Å². The van der Waals surface area contributed by atoms with Gasteiger partial charge >= 0.3 is 6.36 Å². The SMILES string of the molecule is COc1ccc(NC(=O)[C@@H](C)Nc2ccc(OC(F)(F)F)cc2)cc1OC. The van der Waals surface area contributed by atoms with E-state index in [0.717, 1.165) is 12.1 Å². The summed E-state index contributed by atoms with van der Waals surface area (Å²) in [4.78, 5) is 12.3. The summed E-state index contributed by atoms with van der Waals surface area (Å²) < 4.78 is 50.6. The highest BCUT2D eigenvalue weighted by Gasteiger charge is 2.31. The Morgan fingerprint density at radius 2 is 1.56 bits per heavy atom. The third kappa shape index (κ3) is 5.98. The lowest BCUT2D eigenvalue weighted by atomic mass is 10.2. The number of carbonyl (C=O) groups excluding carboxylic acids is 1. The zero-order valence-corrected chi connectivity index (χ0v) is 14.9. The van der Waals surface area contributed by atoms with E-state index in [4.69, 9.17) is 9.47 Å². The van der Waals surface area contributed by atoms with Crippen molar-refractivity contribution in [3.63, 3.8) is 0 Å². The van der Waals surface area contributed by atoms with E-state index < -0.39 is 12.4 Å². The number of hydrogen-bond acceptors (Lipinski definition) is 5. The summed E-state index contributed by atoms with van der Waals surface area (Å²) in [6.45, 7) is 1.62. The molecule has 1 atom stereocenters. The Hall–Kier alpha value is -3.10. The lowest BCUT2D eigenvalue weighted by Crippen LogP contribution is -2.31. The molecule has 2 aromatic rings.